The largest absolute Gasteiger partial charge is 0.462 e. The highest BCUT2D eigenvalue weighted by atomic mass is 16.5. The minimum absolute atomic E-state index is 0.257. The summed E-state index contributed by atoms with van der Waals surface area (Å²) in [7, 11) is 0. The van der Waals surface area contributed by atoms with Crippen molar-refractivity contribution in [1.82, 2.24) is 4.98 Å². The molecule has 1 aromatic heterocycles. The molecule has 116 valence electrons. The summed E-state index contributed by atoms with van der Waals surface area (Å²) in [5.74, 6) is 0.924. The average Bonchev–Trinajstić information content (AvgIpc) is 2.88. The zero-order chi connectivity index (χ0) is 15.6. The van der Waals surface area contributed by atoms with E-state index in [1.165, 1.54) is 0 Å². The van der Waals surface area contributed by atoms with E-state index in [4.69, 9.17) is 10.5 Å². The molecule has 1 aliphatic rings. The van der Waals surface area contributed by atoms with Gasteiger partial charge < -0.3 is 15.4 Å². The van der Waals surface area contributed by atoms with Crippen LogP contribution in [-0.2, 0) is 4.74 Å². The van der Waals surface area contributed by atoms with Crippen LogP contribution in [0.3, 0.4) is 0 Å². The Bertz CT molecular complexity index is 523. The van der Waals surface area contributed by atoms with Crippen molar-refractivity contribution in [3.63, 3.8) is 0 Å². The summed E-state index contributed by atoms with van der Waals surface area (Å²) >= 11 is 0. The fourth-order valence-electron chi connectivity index (χ4n) is 2.74. The molecule has 1 atom stereocenters. The number of nitrogens with two attached hydrogens (primary N) is 1. The average molecular weight is 291 g/mol. The minimum Gasteiger partial charge on any atom is -0.462 e. The first-order chi connectivity index (χ1) is 9.82. The molecule has 0 aliphatic carbocycles. The summed E-state index contributed by atoms with van der Waals surface area (Å²) in [5.41, 5.74) is 6.97. The second kappa shape index (κ2) is 5.92. The Labute approximate surface area is 126 Å². The van der Waals surface area contributed by atoms with Gasteiger partial charge in [-0.2, -0.15) is 0 Å². The number of hydrogen-bond donors (Lipinski definition) is 1. The number of carbonyl (C=O) groups is 1. The molecule has 0 aromatic carbocycles. The Morgan fingerprint density at radius 3 is 2.81 bits per heavy atom. The second-order valence-electron chi connectivity index (χ2n) is 6.66. The minimum atomic E-state index is -0.355. The van der Waals surface area contributed by atoms with E-state index in [1.807, 2.05) is 0 Å². The lowest BCUT2D eigenvalue weighted by molar-refractivity contribution is 0.0526. The smallest absolute Gasteiger partial charge is 0.341 e. The van der Waals surface area contributed by atoms with Gasteiger partial charge in [0.1, 0.15) is 11.4 Å². The summed E-state index contributed by atoms with van der Waals surface area (Å²) in [6.07, 6.45) is 2.71. The molecular formula is C16H25N3O2. The van der Waals surface area contributed by atoms with Crippen LogP contribution < -0.4 is 10.6 Å². The van der Waals surface area contributed by atoms with Crippen molar-refractivity contribution in [3.8, 4) is 0 Å². The van der Waals surface area contributed by atoms with Crippen LogP contribution in [0.1, 0.15) is 44.5 Å². The molecule has 0 saturated carbocycles. The van der Waals surface area contributed by atoms with E-state index < -0.39 is 0 Å². The van der Waals surface area contributed by atoms with Gasteiger partial charge in [-0.1, -0.05) is 20.8 Å². The van der Waals surface area contributed by atoms with Gasteiger partial charge in [-0.15, -0.1) is 0 Å². The van der Waals surface area contributed by atoms with Crippen molar-refractivity contribution < 1.29 is 9.53 Å². The first-order valence-electron chi connectivity index (χ1n) is 7.50. The van der Waals surface area contributed by atoms with E-state index in [1.54, 1.807) is 19.2 Å². The molecule has 21 heavy (non-hydrogen) atoms. The van der Waals surface area contributed by atoms with Gasteiger partial charge in [-0.05, 0) is 30.7 Å². The van der Waals surface area contributed by atoms with E-state index in [2.05, 4.69) is 30.7 Å². The van der Waals surface area contributed by atoms with Crippen LogP contribution >= 0.6 is 0 Å². The first-order valence-corrected chi connectivity index (χ1v) is 7.50. The number of rotatable bonds is 3. The molecule has 2 N–H and O–H groups in total. The highest BCUT2D eigenvalue weighted by Crippen LogP contribution is 2.36. The van der Waals surface area contributed by atoms with Crippen molar-refractivity contribution in [2.45, 2.75) is 34.1 Å². The molecule has 1 aliphatic heterocycles. The normalized spacial score (nSPS) is 18.9. The van der Waals surface area contributed by atoms with Gasteiger partial charge in [0.15, 0.2) is 0 Å². The molecular weight excluding hydrogens is 266 g/mol. The SMILES string of the molecule is CCOC(=O)c1cc(N)cnc1N1CCC(C(C)(C)C)C1. The molecule has 0 spiro atoms. The maximum atomic E-state index is 12.1. The van der Waals surface area contributed by atoms with Crippen molar-refractivity contribution >= 4 is 17.5 Å². The zero-order valence-corrected chi connectivity index (χ0v) is 13.3. The van der Waals surface area contributed by atoms with Crippen LogP contribution in [0.15, 0.2) is 12.3 Å². The molecule has 0 bridgehead atoms. The first kappa shape index (κ1) is 15.6. The van der Waals surface area contributed by atoms with Gasteiger partial charge in [0.05, 0.1) is 18.5 Å². The quantitative estimate of drug-likeness (QED) is 0.867. The van der Waals surface area contributed by atoms with Crippen molar-refractivity contribution in [1.29, 1.82) is 0 Å². The molecule has 2 heterocycles. The summed E-state index contributed by atoms with van der Waals surface area (Å²) < 4.78 is 5.12. The number of ether oxygens (including phenoxy) is 1. The number of aromatic nitrogens is 1. The van der Waals surface area contributed by atoms with Gasteiger partial charge in [-0.3, -0.25) is 0 Å². The van der Waals surface area contributed by atoms with Crippen LogP contribution in [0.5, 0.6) is 0 Å². The van der Waals surface area contributed by atoms with Gasteiger partial charge in [0, 0.05) is 13.1 Å². The number of pyridine rings is 1. The topological polar surface area (TPSA) is 68.5 Å². The third kappa shape index (κ3) is 3.46. The number of nitrogens with zero attached hydrogens (tertiary/aromatic N) is 2. The Kier molecular flexibility index (Phi) is 4.40. The van der Waals surface area contributed by atoms with Crippen molar-refractivity contribution in [3.05, 3.63) is 17.8 Å². The molecule has 1 unspecified atom stereocenters. The van der Waals surface area contributed by atoms with Gasteiger partial charge in [0.25, 0.3) is 0 Å². The summed E-state index contributed by atoms with van der Waals surface area (Å²) in [4.78, 5) is 18.7. The molecule has 2 rings (SSSR count). The zero-order valence-electron chi connectivity index (χ0n) is 13.3. The van der Waals surface area contributed by atoms with Gasteiger partial charge >= 0.3 is 5.97 Å². The molecule has 0 radical (unpaired) electrons. The van der Waals surface area contributed by atoms with Crippen LogP contribution in [0.2, 0.25) is 0 Å². The summed E-state index contributed by atoms with van der Waals surface area (Å²) in [6.45, 7) is 10.7. The number of anilines is 2. The lowest BCUT2D eigenvalue weighted by Crippen LogP contribution is -2.28. The molecule has 5 heteroatoms. The van der Waals surface area contributed by atoms with Crippen molar-refractivity contribution in [2.75, 3.05) is 30.3 Å². The standard InChI is InChI=1S/C16H25N3O2/c1-5-21-15(20)13-8-12(17)9-18-14(13)19-7-6-11(10-19)16(2,3)4/h8-9,11H,5-7,10,17H2,1-4H3. The van der Waals surface area contributed by atoms with Crippen molar-refractivity contribution in [2.24, 2.45) is 11.3 Å². The lowest BCUT2D eigenvalue weighted by Gasteiger charge is -2.27. The molecule has 1 fully saturated rings. The monoisotopic (exact) mass is 291 g/mol. The summed E-state index contributed by atoms with van der Waals surface area (Å²) in [5, 5.41) is 0. The van der Waals surface area contributed by atoms with Crippen LogP contribution in [0.25, 0.3) is 0 Å². The van der Waals surface area contributed by atoms with Gasteiger partial charge in [-0.25, -0.2) is 9.78 Å². The van der Waals surface area contributed by atoms with E-state index in [-0.39, 0.29) is 11.4 Å². The van der Waals surface area contributed by atoms with Crippen LogP contribution in [-0.4, -0.2) is 30.6 Å². The predicted octanol–water partition coefficient (Wildman–Crippen LogP) is 2.71. The molecule has 0 amide bonds. The predicted molar refractivity (Wildman–Crippen MR) is 84.4 cm³/mol. The van der Waals surface area contributed by atoms with E-state index in [0.717, 1.165) is 19.5 Å². The van der Waals surface area contributed by atoms with E-state index >= 15 is 0 Å². The van der Waals surface area contributed by atoms with E-state index in [9.17, 15) is 4.79 Å². The molecule has 1 saturated heterocycles. The highest BCUT2D eigenvalue weighted by molar-refractivity contribution is 5.95. The fraction of sp³-hybridized carbons (Fsp3) is 0.625. The van der Waals surface area contributed by atoms with Crippen LogP contribution in [0, 0.1) is 11.3 Å². The number of esters is 1. The second-order valence-corrected chi connectivity index (χ2v) is 6.66. The maximum absolute atomic E-state index is 12.1. The third-order valence-corrected chi connectivity index (χ3v) is 4.10. The third-order valence-electron chi connectivity index (χ3n) is 4.10. The number of hydrogen-bond acceptors (Lipinski definition) is 5. The fourth-order valence-corrected chi connectivity index (χ4v) is 2.74. The van der Waals surface area contributed by atoms with Crippen LogP contribution in [0.4, 0.5) is 11.5 Å². The molecule has 5 nitrogen and oxygen atoms in total. The molecule has 1 aromatic rings. The Balaban J connectivity index is 2.26. The highest BCUT2D eigenvalue weighted by Gasteiger charge is 2.33. The number of carbonyl (C=O) groups excluding carboxylic acids is 1. The number of nitrogen functional groups attached to an aromatic ring is 1. The lowest BCUT2D eigenvalue weighted by atomic mass is 9.80. The Hall–Kier alpha value is -1.78. The van der Waals surface area contributed by atoms with Gasteiger partial charge in [0.2, 0.25) is 0 Å². The van der Waals surface area contributed by atoms with E-state index in [0.29, 0.717) is 29.6 Å². The Morgan fingerprint density at radius 2 is 2.24 bits per heavy atom. The Morgan fingerprint density at radius 1 is 1.52 bits per heavy atom. The maximum Gasteiger partial charge on any atom is 0.341 e. The summed E-state index contributed by atoms with van der Waals surface area (Å²) in [6, 6.07) is 1.66.